The number of benzene rings is 2. The Balaban J connectivity index is 1.59. The van der Waals surface area contributed by atoms with Crippen LogP contribution in [0.4, 0.5) is 11.4 Å². The lowest BCUT2D eigenvalue weighted by atomic mass is 9.62. The number of amides is 3. The molecule has 9 nitrogen and oxygen atoms in total. The van der Waals surface area contributed by atoms with E-state index in [1.807, 2.05) is 56.3 Å². The molecule has 240 valence electrons. The molecule has 3 amide bonds. The van der Waals surface area contributed by atoms with Gasteiger partial charge in [0.15, 0.2) is 0 Å². The van der Waals surface area contributed by atoms with Crippen molar-refractivity contribution >= 4 is 29.1 Å². The van der Waals surface area contributed by atoms with Gasteiger partial charge in [-0.25, -0.2) is 0 Å². The van der Waals surface area contributed by atoms with Crippen LogP contribution in [0.2, 0.25) is 0 Å². The van der Waals surface area contributed by atoms with Crippen molar-refractivity contribution in [3.63, 3.8) is 0 Å². The van der Waals surface area contributed by atoms with Gasteiger partial charge in [0.2, 0.25) is 11.8 Å². The van der Waals surface area contributed by atoms with Crippen LogP contribution < -0.4 is 14.5 Å². The first kappa shape index (κ1) is 32.4. The fourth-order valence-electron chi connectivity index (χ4n) is 7.79. The van der Waals surface area contributed by atoms with Gasteiger partial charge in [-0.3, -0.25) is 14.4 Å². The summed E-state index contributed by atoms with van der Waals surface area (Å²) in [5, 5.41) is 9.38. The number of unbranched alkanes of at least 4 members (excludes halogenated alkanes) is 2. The average molecular weight is 616 g/mol. The van der Waals surface area contributed by atoms with E-state index in [-0.39, 0.29) is 43.3 Å². The van der Waals surface area contributed by atoms with Crippen LogP contribution in [0.15, 0.2) is 79.9 Å². The van der Waals surface area contributed by atoms with Gasteiger partial charge >= 0.3 is 0 Å². The number of carbonyl (C=O) groups excluding carboxylic acids is 3. The molecule has 0 radical (unpaired) electrons. The van der Waals surface area contributed by atoms with E-state index < -0.39 is 29.1 Å². The Labute approximate surface area is 266 Å². The molecule has 3 aliphatic rings. The minimum Gasteiger partial charge on any atom is -0.497 e. The number of anilines is 2. The highest BCUT2D eigenvalue weighted by atomic mass is 16.5. The van der Waals surface area contributed by atoms with Crippen molar-refractivity contribution in [1.29, 1.82) is 0 Å². The maximum atomic E-state index is 14.8. The number of methoxy groups -OCH3 is 1. The van der Waals surface area contributed by atoms with Crippen LogP contribution in [0, 0.1) is 17.8 Å². The number of rotatable bonds is 14. The number of aliphatic hydroxyl groups is 1. The molecule has 3 saturated heterocycles. The van der Waals surface area contributed by atoms with Crippen molar-refractivity contribution in [2.75, 3.05) is 43.2 Å². The van der Waals surface area contributed by atoms with Gasteiger partial charge in [0.25, 0.3) is 5.91 Å². The Bertz CT molecular complexity index is 1410. The molecule has 1 N–H and O–H groups in total. The highest BCUT2D eigenvalue weighted by Gasteiger charge is 2.80. The first-order valence-electron chi connectivity index (χ1n) is 15.8. The van der Waals surface area contributed by atoms with E-state index in [0.29, 0.717) is 49.4 Å². The largest absolute Gasteiger partial charge is 0.497 e. The third-order valence-electron chi connectivity index (χ3n) is 9.98. The molecule has 5 rings (SSSR count). The zero-order valence-corrected chi connectivity index (χ0v) is 26.6. The van der Waals surface area contributed by atoms with Gasteiger partial charge in [-0.1, -0.05) is 37.3 Å². The summed E-state index contributed by atoms with van der Waals surface area (Å²) >= 11 is 0. The molecular formula is C36H45N3O6. The van der Waals surface area contributed by atoms with E-state index in [4.69, 9.17) is 9.47 Å². The van der Waals surface area contributed by atoms with E-state index in [9.17, 15) is 19.5 Å². The molecule has 2 aromatic rings. The van der Waals surface area contributed by atoms with Gasteiger partial charge in [-0.15, -0.1) is 13.2 Å². The van der Waals surface area contributed by atoms with Gasteiger partial charge < -0.3 is 29.3 Å². The first-order chi connectivity index (χ1) is 21.7. The quantitative estimate of drug-likeness (QED) is 0.246. The van der Waals surface area contributed by atoms with Crippen molar-refractivity contribution in [2.24, 2.45) is 17.8 Å². The van der Waals surface area contributed by atoms with Crippen molar-refractivity contribution in [3.8, 4) is 5.75 Å². The molecule has 6 atom stereocenters. The molecule has 3 aliphatic heterocycles. The molecular weight excluding hydrogens is 570 g/mol. The topological polar surface area (TPSA) is 99.6 Å². The van der Waals surface area contributed by atoms with Crippen LogP contribution in [0.3, 0.4) is 0 Å². The second-order valence-corrected chi connectivity index (χ2v) is 12.5. The van der Waals surface area contributed by atoms with E-state index in [1.165, 1.54) is 0 Å². The summed E-state index contributed by atoms with van der Waals surface area (Å²) in [6, 6.07) is 15.7. The summed E-state index contributed by atoms with van der Waals surface area (Å²) < 4.78 is 12.3. The summed E-state index contributed by atoms with van der Waals surface area (Å²) in [7, 11) is 1.58. The Hall–Kier alpha value is -3.95. The standard InChI is InChI=1S/C36H45N3O6/c1-6-20-37(26-14-10-8-11-15-26)32(41)29-30-33(42)39(22-12-9-13-23-40)31(36(30)24-25(3)35(29,4)45-36)34(43)38(21-7-2)27-16-18-28(44-5)19-17-27/h6-8,10-11,14-19,25,29-31,40H,1-2,9,12-13,20-24H2,3-5H3/t25?,29-,30+,31?,35+,36?/m1/s1. The lowest BCUT2D eigenvalue weighted by Crippen LogP contribution is -2.57. The van der Waals surface area contributed by atoms with Crippen LogP contribution in [-0.4, -0.2) is 78.3 Å². The number of para-hydroxylation sites is 1. The van der Waals surface area contributed by atoms with E-state index in [2.05, 4.69) is 13.2 Å². The number of fused-ring (bicyclic) bond motifs is 1. The molecule has 1 spiro atoms. The lowest BCUT2D eigenvalue weighted by Gasteiger charge is -2.39. The second kappa shape index (κ2) is 13.2. The smallest absolute Gasteiger partial charge is 0.253 e. The molecule has 0 aliphatic carbocycles. The molecule has 3 heterocycles. The first-order valence-corrected chi connectivity index (χ1v) is 15.8. The Morgan fingerprint density at radius 2 is 1.62 bits per heavy atom. The fraction of sp³-hybridized carbons (Fsp3) is 0.472. The highest BCUT2D eigenvalue weighted by molar-refractivity contribution is 6.07. The highest BCUT2D eigenvalue weighted by Crippen LogP contribution is 2.65. The van der Waals surface area contributed by atoms with Gasteiger partial charge in [0, 0.05) is 37.6 Å². The van der Waals surface area contributed by atoms with Crippen molar-refractivity contribution < 1.29 is 29.0 Å². The third-order valence-corrected chi connectivity index (χ3v) is 9.98. The number of hydrogen-bond donors (Lipinski definition) is 1. The monoisotopic (exact) mass is 615 g/mol. The van der Waals surface area contributed by atoms with Crippen LogP contribution in [0.25, 0.3) is 0 Å². The molecule has 9 heteroatoms. The normalized spacial score (nSPS) is 28.1. The number of aliphatic hydroxyl groups excluding tert-OH is 1. The van der Waals surface area contributed by atoms with E-state index >= 15 is 0 Å². The minimum atomic E-state index is -1.18. The molecule has 0 aromatic heterocycles. The van der Waals surface area contributed by atoms with E-state index in [0.717, 1.165) is 0 Å². The van der Waals surface area contributed by atoms with Crippen LogP contribution in [0.5, 0.6) is 5.75 Å². The van der Waals surface area contributed by atoms with Gasteiger partial charge in [0.05, 0.1) is 24.5 Å². The Morgan fingerprint density at radius 3 is 2.22 bits per heavy atom. The molecule has 0 saturated carbocycles. The van der Waals surface area contributed by atoms with Gasteiger partial charge in [-0.05, 0) is 74.9 Å². The van der Waals surface area contributed by atoms with Crippen molar-refractivity contribution in [2.45, 2.75) is 56.8 Å². The number of likely N-dealkylation sites (tertiary alicyclic amines) is 1. The van der Waals surface area contributed by atoms with Crippen molar-refractivity contribution in [3.05, 3.63) is 79.9 Å². The molecule has 3 fully saturated rings. The zero-order chi connectivity index (χ0) is 32.4. The third kappa shape index (κ3) is 5.46. The maximum Gasteiger partial charge on any atom is 0.253 e. The number of carbonyl (C=O) groups is 3. The Morgan fingerprint density at radius 1 is 1.00 bits per heavy atom. The maximum absolute atomic E-state index is 14.8. The summed E-state index contributed by atoms with van der Waals surface area (Å²) in [5.41, 5.74) is -0.765. The van der Waals surface area contributed by atoms with Crippen LogP contribution in [-0.2, 0) is 19.1 Å². The average Bonchev–Trinajstić information content (AvgIpc) is 3.56. The SMILES string of the molecule is C=CCN(C(=O)C1N(CCCCCO)C(=O)[C@@H]2[C@H](C(=O)N(CC=C)c3ccccc3)[C@@]3(C)OC12CC3C)c1ccc(OC)cc1. The number of hydrogen-bond acceptors (Lipinski definition) is 6. The molecule has 2 aromatic carbocycles. The van der Waals surface area contributed by atoms with Gasteiger partial charge in [0.1, 0.15) is 17.4 Å². The van der Waals surface area contributed by atoms with E-state index in [1.54, 1.807) is 46.1 Å². The number of ether oxygens (including phenoxy) is 2. The Kier molecular flexibility index (Phi) is 9.51. The van der Waals surface area contributed by atoms with Crippen LogP contribution in [0.1, 0.15) is 39.5 Å². The second-order valence-electron chi connectivity index (χ2n) is 12.5. The summed E-state index contributed by atoms with van der Waals surface area (Å²) in [4.78, 5) is 49.1. The molecule has 3 unspecified atom stereocenters. The predicted molar refractivity (Wildman–Crippen MR) is 174 cm³/mol. The minimum absolute atomic E-state index is 0.0572. The van der Waals surface area contributed by atoms with Crippen molar-refractivity contribution in [1.82, 2.24) is 4.90 Å². The lowest BCUT2D eigenvalue weighted by molar-refractivity contribution is -0.145. The number of nitrogens with zero attached hydrogens (tertiary/aromatic N) is 3. The molecule has 45 heavy (non-hydrogen) atoms. The summed E-state index contributed by atoms with van der Waals surface area (Å²) in [6.07, 6.45) is 5.73. The summed E-state index contributed by atoms with van der Waals surface area (Å²) in [5.74, 6) is -1.75. The van der Waals surface area contributed by atoms with Crippen LogP contribution >= 0.6 is 0 Å². The predicted octanol–water partition coefficient (Wildman–Crippen LogP) is 4.61. The zero-order valence-electron chi connectivity index (χ0n) is 26.6. The van der Waals surface area contributed by atoms with Gasteiger partial charge in [-0.2, -0.15) is 0 Å². The fourth-order valence-corrected chi connectivity index (χ4v) is 7.79. The summed E-state index contributed by atoms with van der Waals surface area (Å²) in [6.45, 7) is 12.6. The molecule has 2 bridgehead atoms.